The second-order valence-electron chi connectivity index (χ2n) is 6.49. The van der Waals surface area contributed by atoms with Gasteiger partial charge in [-0.2, -0.15) is 0 Å². The van der Waals surface area contributed by atoms with Crippen LogP contribution in [-0.2, 0) is 0 Å². The van der Waals surface area contributed by atoms with Crippen molar-refractivity contribution < 1.29 is 0 Å². The molecule has 0 radical (unpaired) electrons. The number of hydrogen-bond acceptors (Lipinski definition) is 2. The van der Waals surface area contributed by atoms with Crippen molar-refractivity contribution in [3.8, 4) is 11.3 Å². The van der Waals surface area contributed by atoms with E-state index in [-0.39, 0.29) is 0 Å². The van der Waals surface area contributed by atoms with Crippen molar-refractivity contribution >= 4 is 23.1 Å². The van der Waals surface area contributed by atoms with Gasteiger partial charge in [-0.3, -0.25) is 0 Å². The highest BCUT2D eigenvalue weighted by molar-refractivity contribution is 5.92. The SMILES string of the molecule is C=C/C(c1ccc(-c2nc(C)nc3ccccc23)cc1)=c1/ccccc1=C. The second kappa shape index (κ2) is 7.00. The van der Waals surface area contributed by atoms with Gasteiger partial charge in [0.2, 0.25) is 0 Å². The molecule has 0 aliphatic carbocycles. The van der Waals surface area contributed by atoms with E-state index in [0.29, 0.717) is 0 Å². The monoisotopic (exact) mass is 348 g/mol. The zero-order valence-electron chi connectivity index (χ0n) is 15.3. The smallest absolute Gasteiger partial charge is 0.126 e. The Morgan fingerprint density at radius 3 is 2.30 bits per heavy atom. The first kappa shape index (κ1) is 16.9. The lowest BCUT2D eigenvalue weighted by Crippen LogP contribution is -2.24. The Morgan fingerprint density at radius 1 is 0.852 bits per heavy atom. The predicted molar refractivity (Wildman–Crippen MR) is 114 cm³/mol. The maximum atomic E-state index is 4.69. The highest BCUT2D eigenvalue weighted by atomic mass is 14.9. The Kier molecular flexibility index (Phi) is 4.39. The van der Waals surface area contributed by atoms with Crippen LogP contribution >= 0.6 is 0 Å². The lowest BCUT2D eigenvalue weighted by Gasteiger charge is -2.09. The number of allylic oxidation sites excluding steroid dienone is 1. The Morgan fingerprint density at radius 2 is 1.56 bits per heavy atom. The molecular weight excluding hydrogens is 328 g/mol. The summed E-state index contributed by atoms with van der Waals surface area (Å²) in [5.74, 6) is 0.775. The molecule has 0 unspecified atom stereocenters. The highest BCUT2D eigenvalue weighted by Gasteiger charge is 2.08. The van der Waals surface area contributed by atoms with E-state index in [1.165, 1.54) is 0 Å². The molecule has 130 valence electrons. The van der Waals surface area contributed by atoms with Crippen molar-refractivity contribution in [2.75, 3.05) is 0 Å². The van der Waals surface area contributed by atoms with Gasteiger partial charge in [-0.05, 0) is 34.6 Å². The Balaban J connectivity index is 1.87. The first-order valence-electron chi connectivity index (χ1n) is 8.92. The van der Waals surface area contributed by atoms with Crippen LogP contribution in [0.5, 0.6) is 0 Å². The highest BCUT2D eigenvalue weighted by Crippen LogP contribution is 2.27. The van der Waals surface area contributed by atoms with Gasteiger partial charge < -0.3 is 0 Å². The Bertz CT molecular complexity index is 1250. The number of rotatable bonds is 3. The van der Waals surface area contributed by atoms with Gasteiger partial charge >= 0.3 is 0 Å². The third-order valence-corrected chi connectivity index (χ3v) is 4.70. The van der Waals surface area contributed by atoms with Crippen molar-refractivity contribution in [2.24, 2.45) is 0 Å². The van der Waals surface area contributed by atoms with Gasteiger partial charge in [0.1, 0.15) is 5.82 Å². The van der Waals surface area contributed by atoms with E-state index in [1.54, 1.807) is 0 Å². The van der Waals surface area contributed by atoms with E-state index in [9.17, 15) is 0 Å². The van der Waals surface area contributed by atoms with Crippen LogP contribution in [-0.4, -0.2) is 9.97 Å². The zero-order valence-corrected chi connectivity index (χ0v) is 15.3. The van der Waals surface area contributed by atoms with Gasteiger partial charge in [-0.1, -0.05) is 86.0 Å². The molecule has 0 fully saturated rings. The summed E-state index contributed by atoms with van der Waals surface area (Å²) in [4.78, 5) is 9.23. The van der Waals surface area contributed by atoms with Gasteiger partial charge in [0.05, 0.1) is 11.2 Å². The van der Waals surface area contributed by atoms with E-state index < -0.39 is 0 Å². The molecule has 0 saturated carbocycles. The van der Waals surface area contributed by atoms with Crippen LogP contribution in [0.15, 0.2) is 85.5 Å². The summed E-state index contributed by atoms with van der Waals surface area (Å²) in [5, 5.41) is 3.16. The maximum Gasteiger partial charge on any atom is 0.126 e. The molecule has 1 aromatic heterocycles. The fourth-order valence-corrected chi connectivity index (χ4v) is 3.39. The number of aromatic nitrogens is 2. The summed E-state index contributed by atoms with van der Waals surface area (Å²) in [5.41, 5.74) is 5.19. The Hall–Kier alpha value is -3.52. The van der Waals surface area contributed by atoms with Crippen molar-refractivity contribution in [2.45, 2.75) is 6.92 Å². The van der Waals surface area contributed by atoms with Gasteiger partial charge in [0, 0.05) is 10.9 Å². The van der Waals surface area contributed by atoms with Crippen molar-refractivity contribution in [1.29, 1.82) is 0 Å². The third kappa shape index (κ3) is 3.18. The molecule has 0 atom stereocenters. The topological polar surface area (TPSA) is 25.8 Å². The molecule has 1 heterocycles. The molecule has 0 amide bonds. The second-order valence-corrected chi connectivity index (χ2v) is 6.49. The molecular formula is C25H20N2. The van der Waals surface area contributed by atoms with E-state index in [1.807, 2.05) is 49.4 Å². The predicted octanol–water partition coefficient (Wildman–Crippen LogP) is 4.40. The van der Waals surface area contributed by atoms with E-state index >= 15 is 0 Å². The number of benzene rings is 3. The maximum absolute atomic E-state index is 4.69. The Labute approximate surface area is 158 Å². The summed E-state index contributed by atoms with van der Waals surface area (Å²) in [7, 11) is 0. The van der Waals surface area contributed by atoms with Gasteiger partial charge in [0.15, 0.2) is 0 Å². The molecule has 4 aromatic rings. The first-order valence-corrected chi connectivity index (χ1v) is 8.92. The third-order valence-electron chi connectivity index (χ3n) is 4.70. The molecule has 2 nitrogen and oxygen atoms in total. The van der Waals surface area contributed by atoms with Gasteiger partial charge in [-0.25, -0.2) is 9.97 Å². The minimum absolute atomic E-state index is 0.775. The van der Waals surface area contributed by atoms with Crippen LogP contribution in [0.1, 0.15) is 11.4 Å². The molecule has 0 saturated heterocycles. The molecule has 0 aliphatic heterocycles. The summed E-state index contributed by atoms with van der Waals surface area (Å²) < 4.78 is 0. The van der Waals surface area contributed by atoms with Gasteiger partial charge in [0.25, 0.3) is 0 Å². The molecule has 0 aliphatic rings. The van der Waals surface area contributed by atoms with Crippen LogP contribution in [0.4, 0.5) is 0 Å². The summed E-state index contributed by atoms with van der Waals surface area (Å²) in [6.07, 6.45) is 1.89. The fraction of sp³-hybridized carbons (Fsp3) is 0.0400. The van der Waals surface area contributed by atoms with Crippen LogP contribution in [0, 0.1) is 6.92 Å². The summed E-state index contributed by atoms with van der Waals surface area (Å²) in [6.45, 7) is 10.1. The van der Waals surface area contributed by atoms with Crippen LogP contribution in [0.2, 0.25) is 0 Å². The number of para-hydroxylation sites is 1. The summed E-state index contributed by atoms with van der Waals surface area (Å²) >= 11 is 0. The number of nitrogens with zero attached hydrogens (tertiary/aromatic N) is 2. The number of aryl methyl sites for hydroxylation is 1. The molecule has 3 aromatic carbocycles. The molecule has 2 heteroatoms. The molecule has 4 rings (SSSR count). The normalized spacial score (nSPS) is 12.0. The van der Waals surface area contributed by atoms with E-state index in [0.717, 1.165) is 49.6 Å². The standard InChI is InChI=1S/C25H20N2/c1-4-21(22-10-6-5-9-17(22)2)19-13-15-20(16-14-19)25-23-11-7-8-12-24(23)26-18(3)27-25/h4-16H,1-2H2,3H3/b22-21+. The van der Waals surface area contributed by atoms with Crippen molar-refractivity contribution in [3.05, 3.63) is 107 Å². The van der Waals surface area contributed by atoms with E-state index in [2.05, 4.69) is 54.5 Å². The van der Waals surface area contributed by atoms with Crippen molar-refractivity contribution in [3.63, 3.8) is 0 Å². The van der Waals surface area contributed by atoms with Gasteiger partial charge in [-0.15, -0.1) is 0 Å². The molecule has 0 spiro atoms. The minimum atomic E-state index is 0.775. The lowest BCUT2D eigenvalue weighted by atomic mass is 9.99. The molecule has 0 bridgehead atoms. The molecule has 0 N–H and O–H groups in total. The van der Waals surface area contributed by atoms with Crippen LogP contribution < -0.4 is 10.4 Å². The zero-order chi connectivity index (χ0) is 18.8. The molecule has 27 heavy (non-hydrogen) atoms. The lowest BCUT2D eigenvalue weighted by molar-refractivity contribution is 1.10. The first-order chi connectivity index (χ1) is 13.2. The largest absolute Gasteiger partial charge is 0.233 e. The fourth-order valence-electron chi connectivity index (χ4n) is 3.39. The average molecular weight is 348 g/mol. The minimum Gasteiger partial charge on any atom is -0.233 e. The average Bonchev–Trinajstić information content (AvgIpc) is 2.70. The van der Waals surface area contributed by atoms with Crippen LogP contribution in [0.25, 0.3) is 34.3 Å². The van der Waals surface area contributed by atoms with E-state index in [4.69, 9.17) is 4.98 Å². The summed E-state index contributed by atoms with van der Waals surface area (Å²) in [6, 6.07) is 24.7. The number of fused-ring (bicyclic) bond motifs is 1. The number of hydrogen-bond donors (Lipinski definition) is 0. The van der Waals surface area contributed by atoms with Crippen LogP contribution in [0.3, 0.4) is 0 Å². The van der Waals surface area contributed by atoms with Crippen molar-refractivity contribution in [1.82, 2.24) is 9.97 Å². The quantitative estimate of drug-likeness (QED) is 0.548.